The summed E-state index contributed by atoms with van der Waals surface area (Å²) in [6, 6.07) is 17.2. The molecule has 3 aromatic rings. The van der Waals surface area contributed by atoms with Crippen LogP contribution in [-0.2, 0) is 11.4 Å². The van der Waals surface area contributed by atoms with Crippen molar-refractivity contribution >= 4 is 23.4 Å². The zero-order chi connectivity index (χ0) is 18.4. The minimum absolute atomic E-state index is 0.0938. The number of aromatic amines is 1. The van der Waals surface area contributed by atoms with E-state index in [0.29, 0.717) is 17.6 Å². The first-order valence-corrected chi connectivity index (χ1v) is 9.12. The van der Waals surface area contributed by atoms with Crippen molar-refractivity contribution < 1.29 is 9.53 Å². The van der Waals surface area contributed by atoms with Gasteiger partial charge < -0.3 is 10.1 Å². The Kier molecular flexibility index (Phi) is 5.91. The third kappa shape index (κ3) is 4.86. The summed E-state index contributed by atoms with van der Waals surface area (Å²) in [5.41, 5.74) is 1.83. The molecule has 0 unspecified atom stereocenters. The van der Waals surface area contributed by atoms with E-state index in [-0.39, 0.29) is 11.2 Å². The molecule has 0 spiro atoms. The van der Waals surface area contributed by atoms with E-state index in [9.17, 15) is 4.79 Å². The monoisotopic (exact) mass is 368 g/mol. The standard InChI is InChI=1S/C19H20N4O2S/c1-13-8-6-7-11-16(13)25-12-17-21-19(23-22-17)26-14(2)18(24)20-15-9-4-3-5-10-15/h3-11,14H,12H2,1-2H3,(H,20,24)(H,21,22,23)/t14-/m0/s1. The number of thioether (sulfide) groups is 1. The van der Waals surface area contributed by atoms with E-state index in [1.165, 1.54) is 11.8 Å². The van der Waals surface area contributed by atoms with Crippen molar-refractivity contribution in [2.45, 2.75) is 30.9 Å². The van der Waals surface area contributed by atoms with Gasteiger partial charge in [-0.2, -0.15) is 0 Å². The molecule has 3 rings (SSSR count). The summed E-state index contributed by atoms with van der Waals surface area (Å²) in [4.78, 5) is 16.6. The van der Waals surface area contributed by atoms with Crippen LogP contribution in [0.1, 0.15) is 18.3 Å². The molecule has 0 saturated heterocycles. The maximum absolute atomic E-state index is 12.2. The van der Waals surface area contributed by atoms with Crippen molar-refractivity contribution in [3.8, 4) is 5.75 Å². The van der Waals surface area contributed by atoms with E-state index < -0.39 is 0 Å². The van der Waals surface area contributed by atoms with E-state index in [1.54, 1.807) is 0 Å². The van der Waals surface area contributed by atoms with E-state index in [1.807, 2.05) is 68.4 Å². The van der Waals surface area contributed by atoms with Crippen molar-refractivity contribution in [3.63, 3.8) is 0 Å². The van der Waals surface area contributed by atoms with Crippen LogP contribution in [0.3, 0.4) is 0 Å². The Morgan fingerprint density at radius 3 is 2.69 bits per heavy atom. The molecule has 1 atom stereocenters. The number of hydrogen-bond donors (Lipinski definition) is 2. The Hall–Kier alpha value is -2.80. The summed E-state index contributed by atoms with van der Waals surface area (Å²) in [6.45, 7) is 4.11. The topological polar surface area (TPSA) is 79.9 Å². The van der Waals surface area contributed by atoms with Gasteiger partial charge in [-0.05, 0) is 37.6 Å². The van der Waals surface area contributed by atoms with Crippen LogP contribution in [0.15, 0.2) is 59.8 Å². The fraction of sp³-hybridized carbons (Fsp3) is 0.211. The number of carbonyl (C=O) groups excluding carboxylic acids is 1. The van der Waals surface area contributed by atoms with Gasteiger partial charge in [0.2, 0.25) is 11.1 Å². The minimum atomic E-state index is -0.323. The molecule has 0 radical (unpaired) electrons. The Bertz CT molecular complexity index is 867. The van der Waals surface area contributed by atoms with Crippen LogP contribution in [0.4, 0.5) is 5.69 Å². The fourth-order valence-electron chi connectivity index (χ4n) is 2.24. The quantitative estimate of drug-likeness (QED) is 0.620. The number of anilines is 1. The number of hydrogen-bond acceptors (Lipinski definition) is 5. The maximum Gasteiger partial charge on any atom is 0.237 e. The molecule has 0 aliphatic carbocycles. The first-order valence-electron chi connectivity index (χ1n) is 8.24. The summed E-state index contributed by atoms with van der Waals surface area (Å²) in [5, 5.41) is 10.1. The number of aryl methyl sites for hydroxylation is 1. The lowest BCUT2D eigenvalue weighted by atomic mass is 10.2. The van der Waals surface area contributed by atoms with E-state index >= 15 is 0 Å². The first-order chi connectivity index (χ1) is 12.6. The lowest BCUT2D eigenvalue weighted by Gasteiger charge is -2.09. The summed E-state index contributed by atoms with van der Waals surface area (Å²) < 4.78 is 5.75. The molecule has 0 aliphatic heterocycles. The normalized spacial score (nSPS) is 11.8. The van der Waals surface area contributed by atoms with E-state index in [0.717, 1.165) is 17.0 Å². The molecule has 0 bridgehead atoms. The number of benzene rings is 2. The number of nitrogens with one attached hydrogen (secondary N) is 2. The van der Waals surface area contributed by atoms with Gasteiger partial charge in [-0.1, -0.05) is 48.2 Å². The van der Waals surface area contributed by atoms with Gasteiger partial charge in [-0.25, -0.2) is 4.98 Å². The molecule has 2 aromatic carbocycles. The zero-order valence-corrected chi connectivity index (χ0v) is 15.4. The van der Waals surface area contributed by atoms with Crippen LogP contribution in [0.25, 0.3) is 0 Å². The van der Waals surface area contributed by atoms with Crippen LogP contribution >= 0.6 is 11.8 Å². The van der Waals surface area contributed by atoms with Gasteiger partial charge in [-0.15, -0.1) is 5.10 Å². The van der Waals surface area contributed by atoms with Crippen molar-refractivity contribution in [3.05, 3.63) is 66.0 Å². The second-order valence-electron chi connectivity index (χ2n) is 5.73. The second kappa shape index (κ2) is 8.53. The average Bonchev–Trinajstić information content (AvgIpc) is 3.09. The highest BCUT2D eigenvalue weighted by atomic mass is 32.2. The van der Waals surface area contributed by atoms with Gasteiger partial charge in [0, 0.05) is 5.69 Å². The number of ether oxygens (including phenoxy) is 1. The highest BCUT2D eigenvalue weighted by Gasteiger charge is 2.17. The number of H-pyrrole nitrogens is 1. The number of nitrogens with zero attached hydrogens (tertiary/aromatic N) is 2. The summed E-state index contributed by atoms with van der Waals surface area (Å²) in [5.74, 6) is 1.34. The molecule has 0 aliphatic rings. The zero-order valence-electron chi connectivity index (χ0n) is 14.6. The molecule has 0 fully saturated rings. The molecule has 2 N–H and O–H groups in total. The number of aromatic nitrogens is 3. The van der Waals surface area contributed by atoms with Crippen molar-refractivity contribution in [2.75, 3.05) is 5.32 Å². The Labute approximate surface area is 156 Å². The number of para-hydroxylation sites is 2. The van der Waals surface area contributed by atoms with E-state index in [4.69, 9.17) is 4.74 Å². The van der Waals surface area contributed by atoms with Crippen LogP contribution < -0.4 is 10.1 Å². The van der Waals surface area contributed by atoms with Gasteiger partial charge >= 0.3 is 0 Å². The van der Waals surface area contributed by atoms with Crippen molar-refractivity contribution in [2.24, 2.45) is 0 Å². The molecule has 6 nitrogen and oxygen atoms in total. The molecule has 7 heteroatoms. The molecule has 1 heterocycles. The number of amides is 1. The minimum Gasteiger partial charge on any atom is -0.485 e. The third-order valence-corrected chi connectivity index (χ3v) is 4.62. The predicted molar refractivity (Wildman–Crippen MR) is 102 cm³/mol. The Morgan fingerprint density at radius 2 is 1.92 bits per heavy atom. The van der Waals surface area contributed by atoms with Crippen LogP contribution in [0.2, 0.25) is 0 Å². The number of rotatable bonds is 7. The van der Waals surface area contributed by atoms with Crippen LogP contribution in [-0.4, -0.2) is 26.3 Å². The Balaban J connectivity index is 1.53. The largest absolute Gasteiger partial charge is 0.485 e. The highest BCUT2D eigenvalue weighted by molar-refractivity contribution is 8.00. The average molecular weight is 368 g/mol. The number of carbonyl (C=O) groups is 1. The maximum atomic E-state index is 12.2. The molecular formula is C19H20N4O2S. The lowest BCUT2D eigenvalue weighted by Crippen LogP contribution is -2.22. The van der Waals surface area contributed by atoms with Crippen molar-refractivity contribution in [1.29, 1.82) is 0 Å². The summed E-state index contributed by atoms with van der Waals surface area (Å²) >= 11 is 1.30. The SMILES string of the molecule is Cc1ccccc1OCc1nc(S[C@@H](C)C(=O)Nc2ccccc2)n[nH]1. The molecular weight excluding hydrogens is 348 g/mol. The molecule has 26 heavy (non-hydrogen) atoms. The first kappa shape index (κ1) is 18.0. The summed E-state index contributed by atoms with van der Waals surface area (Å²) in [6.07, 6.45) is 0. The van der Waals surface area contributed by atoms with Gasteiger partial charge in [-0.3, -0.25) is 9.89 Å². The molecule has 1 amide bonds. The highest BCUT2D eigenvalue weighted by Crippen LogP contribution is 2.21. The molecule has 0 saturated carbocycles. The van der Waals surface area contributed by atoms with Gasteiger partial charge in [0.25, 0.3) is 0 Å². The van der Waals surface area contributed by atoms with Gasteiger partial charge in [0.15, 0.2) is 5.82 Å². The third-order valence-electron chi connectivity index (χ3n) is 3.66. The fourth-order valence-corrected chi connectivity index (χ4v) is 2.98. The predicted octanol–water partition coefficient (Wildman–Crippen LogP) is 3.81. The van der Waals surface area contributed by atoms with Crippen LogP contribution in [0, 0.1) is 6.92 Å². The second-order valence-corrected chi connectivity index (χ2v) is 7.04. The lowest BCUT2D eigenvalue weighted by molar-refractivity contribution is -0.115. The van der Waals surface area contributed by atoms with Gasteiger partial charge in [0.1, 0.15) is 12.4 Å². The van der Waals surface area contributed by atoms with Crippen LogP contribution in [0.5, 0.6) is 5.75 Å². The smallest absolute Gasteiger partial charge is 0.237 e. The van der Waals surface area contributed by atoms with E-state index in [2.05, 4.69) is 20.5 Å². The van der Waals surface area contributed by atoms with Gasteiger partial charge in [0.05, 0.1) is 5.25 Å². The molecule has 134 valence electrons. The Morgan fingerprint density at radius 1 is 1.19 bits per heavy atom. The summed E-state index contributed by atoms with van der Waals surface area (Å²) in [7, 11) is 0. The van der Waals surface area contributed by atoms with Crippen molar-refractivity contribution in [1.82, 2.24) is 15.2 Å². The molecule has 1 aromatic heterocycles.